The maximum absolute atomic E-state index is 12.2. The van der Waals surface area contributed by atoms with E-state index < -0.39 is 0 Å². The number of pyridine rings is 1. The van der Waals surface area contributed by atoms with Crippen molar-refractivity contribution in [3.05, 3.63) is 42.7 Å². The lowest BCUT2D eigenvalue weighted by atomic mass is 10.1. The van der Waals surface area contributed by atoms with Crippen molar-refractivity contribution in [3.63, 3.8) is 0 Å². The van der Waals surface area contributed by atoms with Crippen LogP contribution in [0.15, 0.2) is 37.1 Å². The maximum atomic E-state index is 12.2. The average molecular weight is 298 g/mol. The highest BCUT2D eigenvalue weighted by Crippen LogP contribution is 2.27. The topological polar surface area (TPSA) is 97.0 Å². The Bertz CT molecular complexity index is 647. The summed E-state index contributed by atoms with van der Waals surface area (Å²) in [6, 6.07) is 2.05. The van der Waals surface area contributed by atoms with E-state index in [4.69, 9.17) is 5.73 Å². The summed E-state index contributed by atoms with van der Waals surface area (Å²) in [6.45, 7) is 1.70. The number of amides is 1. The van der Waals surface area contributed by atoms with E-state index in [9.17, 15) is 4.79 Å². The van der Waals surface area contributed by atoms with Gasteiger partial charge in [0.25, 0.3) is 5.91 Å². The van der Waals surface area contributed by atoms with Crippen LogP contribution in [0.2, 0.25) is 0 Å². The van der Waals surface area contributed by atoms with Crippen LogP contribution in [0.25, 0.3) is 0 Å². The van der Waals surface area contributed by atoms with Crippen LogP contribution in [0.3, 0.4) is 0 Å². The number of rotatable bonds is 3. The molecule has 22 heavy (non-hydrogen) atoms. The van der Waals surface area contributed by atoms with Crippen LogP contribution in [0, 0.1) is 0 Å². The predicted octanol–water partition coefficient (Wildman–Crippen LogP) is 1.05. The smallest absolute Gasteiger partial charge is 0.275 e. The van der Waals surface area contributed by atoms with Gasteiger partial charge in [0.2, 0.25) is 0 Å². The quantitative estimate of drug-likeness (QED) is 0.879. The second-order valence-corrected chi connectivity index (χ2v) is 5.29. The van der Waals surface area contributed by atoms with Crippen molar-refractivity contribution >= 4 is 17.3 Å². The van der Waals surface area contributed by atoms with Gasteiger partial charge in [0.15, 0.2) is 0 Å². The summed E-state index contributed by atoms with van der Waals surface area (Å²) >= 11 is 0. The Labute approximate surface area is 128 Å². The summed E-state index contributed by atoms with van der Waals surface area (Å²) in [6.07, 6.45) is 9.88. The number of hydrogen-bond donors (Lipinski definition) is 2. The average Bonchev–Trinajstić information content (AvgIpc) is 2.56. The summed E-state index contributed by atoms with van der Waals surface area (Å²) in [4.78, 5) is 26.4. The van der Waals surface area contributed by atoms with Crippen LogP contribution in [0.1, 0.15) is 23.3 Å². The minimum absolute atomic E-state index is 0.158. The normalized spacial score (nSPS) is 18.0. The molecule has 114 valence electrons. The second kappa shape index (κ2) is 6.48. The lowest BCUT2D eigenvalue weighted by molar-refractivity contribution is 0.102. The maximum Gasteiger partial charge on any atom is 0.275 e. The zero-order chi connectivity index (χ0) is 15.4. The van der Waals surface area contributed by atoms with E-state index in [1.807, 2.05) is 6.07 Å². The minimum atomic E-state index is -0.302. The zero-order valence-corrected chi connectivity index (χ0v) is 12.1. The summed E-state index contributed by atoms with van der Waals surface area (Å²) in [5.41, 5.74) is 7.91. The molecule has 0 radical (unpaired) electrons. The fraction of sp³-hybridized carbons (Fsp3) is 0.333. The van der Waals surface area contributed by atoms with E-state index >= 15 is 0 Å². The van der Waals surface area contributed by atoms with Crippen LogP contribution in [0.5, 0.6) is 0 Å². The van der Waals surface area contributed by atoms with Gasteiger partial charge in [0, 0.05) is 37.7 Å². The number of carbonyl (C=O) groups excluding carboxylic acids is 1. The molecule has 7 heteroatoms. The van der Waals surface area contributed by atoms with Crippen molar-refractivity contribution in [2.75, 3.05) is 23.3 Å². The van der Waals surface area contributed by atoms with Gasteiger partial charge in [-0.1, -0.05) is 0 Å². The highest BCUT2D eigenvalue weighted by Gasteiger charge is 2.20. The molecule has 0 bridgehead atoms. The first-order chi connectivity index (χ1) is 10.7. The van der Waals surface area contributed by atoms with Crippen molar-refractivity contribution < 1.29 is 4.79 Å². The van der Waals surface area contributed by atoms with Gasteiger partial charge in [-0.15, -0.1) is 0 Å². The third-order valence-electron chi connectivity index (χ3n) is 3.64. The molecule has 0 saturated carbocycles. The van der Waals surface area contributed by atoms with E-state index in [2.05, 4.69) is 25.2 Å². The van der Waals surface area contributed by atoms with Crippen molar-refractivity contribution in [2.45, 2.75) is 18.9 Å². The number of nitrogens with two attached hydrogens (primary N) is 1. The lowest BCUT2D eigenvalue weighted by Crippen LogP contribution is -2.43. The van der Waals surface area contributed by atoms with Crippen LogP contribution >= 0.6 is 0 Å². The SMILES string of the molecule is N[C@H]1CCCN(c2ccncc2NC(=O)c2cnccn2)C1. The van der Waals surface area contributed by atoms with Gasteiger partial charge in [0.05, 0.1) is 23.8 Å². The van der Waals surface area contributed by atoms with Gasteiger partial charge in [0.1, 0.15) is 5.69 Å². The monoisotopic (exact) mass is 298 g/mol. The largest absolute Gasteiger partial charge is 0.368 e. The molecule has 7 nitrogen and oxygen atoms in total. The molecule has 2 aromatic heterocycles. The Hall–Kier alpha value is -2.54. The number of piperidine rings is 1. The van der Waals surface area contributed by atoms with Gasteiger partial charge in [-0.2, -0.15) is 0 Å². The summed E-state index contributed by atoms with van der Waals surface area (Å²) in [5.74, 6) is -0.302. The van der Waals surface area contributed by atoms with Crippen LogP contribution in [0.4, 0.5) is 11.4 Å². The fourth-order valence-corrected chi connectivity index (χ4v) is 2.59. The van der Waals surface area contributed by atoms with Crippen LogP contribution < -0.4 is 16.0 Å². The van der Waals surface area contributed by atoms with Crippen LogP contribution in [-0.2, 0) is 0 Å². The molecule has 1 amide bonds. The first kappa shape index (κ1) is 14.4. The number of carbonyl (C=O) groups is 1. The number of anilines is 2. The molecule has 2 aromatic rings. The molecule has 0 unspecified atom stereocenters. The third-order valence-corrected chi connectivity index (χ3v) is 3.64. The molecule has 0 spiro atoms. The van der Waals surface area contributed by atoms with E-state index in [-0.39, 0.29) is 17.6 Å². The third kappa shape index (κ3) is 3.20. The molecular formula is C15H18N6O. The van der Waals surface area contributed by atoms with Crippen LogP contribution in [-0.4, -0.2) is 40.0 Å². The highest BCUT2D eigenvalue weighted by atomic mass is 16.1. The van der Waals surface area contributed by atoms with Gasteiger partial charge >= 0.3 is 0 Å². The van der Waals surface area contributed by atoms with Gasteiger partial charge in [-0.3, -0.25) is 14.8 Å². The lowest BCUT2D eigenvalue weighted by Gasteiger charge is -2.33. The van der Waals surface area contributed by atoms with E-state index in [1.165, 1.54) is 18.6 Å². The Kier molecular flexibility index (Phi) is 4.24. The van der Waals surface area contributed by atoms with Gasteiger partial charge in [-0.25, -0.2) is 4.98 Å². The van der Waals surface area contributed by atoms with E-state index in [0.717, 1.165) is 31.6 Å². The Morgan fingerprint density at radius 2 is 2.14 bits per heavy atom. The Morgan fingerprint density at radius 1 is 1.27 bits per heavy atom. The molecule has 1 saturated heterocycles. The second-order valence-electron chi connectivity index (χ2n) is 5.29. The van der Waals surface area contributed by atoms with E-state index in [0.29, 0.717) is 5.69 Å². The minimum Gasteiger partial charge on any atom is -0.368 e. The van der Waals surface area contributed by atoms with Crippen molar-refractivity contribution in [1.82, 2.24) is 15.0 Å². The molecule has 1 fully saturated rings. The molecule has 3 rings (SSSR count). The summed E-state index contributed by atoms with van der Waals surface area (Å²) in [7, 11) is 0. The van der Waals surface area contributed by atoms with Gasteiger partial charge < -0.3 is 16.0 Å². The van der Waals surface area contributed by atoms with E-state index in [1.54, 1.807) is 12.4 Å². The fourth-order valence-electron chi connectivity index (χ4n) is 2.59. The summed E-state index contributed by atoms with van der Waals surface area (Å²) < 4.78 is 0. The number of nitrogens with one attached hydrogen (secondary N) is 1. The molecule has 1 aliphatic rings. The molecular weight excluding hydrogens is 280 g/mol. The first-order valence-corrected chi connectivity index (χ1v) is 7.26. The number of aromatic nitrogens is 3. The van der Waals surface area contributed by atoms with Crippen molar-refractivity contribution in [1.29, 1.82) is 0 Å². The Morgan fingerprint density at radius 3 is 2.91 bits per heavy atom. The number of hydrogen-bond acceptors (Lipinski definition) is 6. The molecule has 3 heterocycles. The Balaban J connectivity index is 1.81. The molecule has 3 N–H and O–H groups in total. The zero-order valence-electron chi connectivity index (χ0n) is 12.1. The van der Waals surface area contributed by atoms with Crippen molar-refractivity contribution in [2.24, 2.45) is 5.73 Å². The summed E-state index contributed by atoms with van der Waals surface area (Å²) in [5, 5.41) is 2.85. The molecule has 0 aromatic carbocycles. The van der Waals surface area contributed by atoms with Crippen molar-refractivity contribution in [3.8, 4) is 0 Å². The molecule has 1 aliphatic heterocycles. The molecule has 1 atom stereocenters. The highest BCUT2D eigenvalue weighted by molar-refractivity contribution is 6.04. The molecule has 0 aliphatic carbocycles. The standard InChI is InChI=1S/C15H18N6O/c16-11-2-1-7-21(10-11)14-3-4-17-8-12(14)20-15(22)13-9-18-5-6-19-13/h3-6,8-9,11H,1-2,7,10,16H2,(H,20,22)/t11-/m0/s1. The van der Waals surface area contributed by atoms with Gasteiger partial charge in [-0.05, 0) is 18.9 Å². The first-order valence-electron chi connectivity index (χ1n) is 7.26. The predicted molar refractivity (Wildman–Crippen MR) is 83.6 cm³/mol. The number of nitrogens with zero attached hydrogens (tertiary/aromatic N) is 4.